The summed E-state index contributed by atoms with van der Waals surface area (Å²) in [6.07, 6.45) is 17.2. The summed E-state index contributed by atoms with van der Waals surface area (Å²) in [5.41, 5.74) is 2.18. The highest BCUT2D eigenvalue weighted by molar-refractivity contribution is 5.97. The van der Waals surface area contributed by atoms with Gasteiger partial charge in [-0.1, -0.05) is 24.3 Å². The molecular formula is C18H19N2O2+. The fraction of sp³-hybridized carbons (Fsp3) is 0.389. The second-order valence-corrected chi connectivity index (χ2v) is 6.33. The standard InChI is InChI=1S/C18H19N2O2/c21-17-13-20(22)12-15-11-16(19-8-4-1-5-9-19)10-14-6-2-3-7-18(14,15)17/h2-3,6-7,10-12H,1,4-5,8-9,13H2/q+1. The van der Waals surface area contributed by atoms with E-state index >= 15 is 0 Å². The number of carbonyl (C=O) groups is 1. The van der Waals surface area contributed by atoms with Gasteiger partial charge in [0.2, 0.25) is 12.0 Å². The normalized spacial score (nSPS) is 30.4. The number of allylic oxidation sites excluding steroid dienone is 8. The van der Waals surface area contributed by atoms with Gasteiger partial charge in [0.25, 0.3) is 6.54 Å². The number of nitrogens with zero attached hydrogens (tertiary/aromatic N) is 2. The topological polar surface area (TPSA) is 40.4 Å². The van der Waals surface area contributed by atoms with Crippen molar-refractivity contribution in [2.75, 3.05) is 19.6 Å². The summed E-state index contributed by atoms with van der Waals surface area (Å²) in [7, 11) is 0. The Morgan fingerprint density at radius 2 is 1.86 bits per heavy atom. The van der Waals surface area contributed by atoms with Crippen LogP contribution in [-0.2, 0) is 4.79 Å². The fourth-order valence-electron chi connectivity index (χ4n) is 3.84. The van der Waals surface area contributed by atoms with Crippen molar-refractivity contribution in [1.29, 1.82) is 0 Å². The average Bonchev–Trinajstić information content (AvgIpc) is 2.54. The highest BCUT2D eigenvalue weighted by atomic mass is 16.3. The summed E-state index contributed by atoms with van der Waals surface area (Å²) in [4.78, 5) is 26.8. The van der Waals surface area contributed by atoms with E-state index in [1.165, 1.54) is 19.3 Å². The van der Waals surface area contributed by atoms with E-state index in [1.807, 2.05) is 30.4 Å². The molecule has 1 fully saturated rings. The molecule has 4 rings (SSSR count). The lowest BCUT2D eigenvalue weighted by Crippen LogP contribution is -2.43. The number of hydrogen-bond acceptors (Lipinski definition) is 3. The van der Waals surface area contributed by atoms with E-state index in [1.54, 1.807) is 6.20 Å². The Kier molecular flexibility index (Phi) is 2.99. The number of ketones is 1. The van der Waals surface area contributed by atoms with E-state index in [4.69, 9.17) is 0 Å². The predicted octanol–water partition coefficient (Wildman–Crippen LogP) is 2.65. The third kappa shape index (κ3) is 1.86. The molecule has 2 aliphatic carbocycles. The Morgan fingerprint density at radius 3 is 2.68 bits per heavy atom. The number of nitroso groups, excluding NO2 is 1. The minimum Gasteiger partial charge on any atom is -0.372 e. The third-order valence-corrected chi connectivity index (χ3v) is 4.99. The van der Waals surface area contributed by atoms with Gasteiger partial charge in [-0.05, 0) is 37.0 Å². The van der Waals surface area contributed by atoms with E-state index in [9.17, 15) is 9.70 Å². The molecule has 0 radical (unpaired) electrons. The van der Waals surface area contributed by atoms with Gasteiger partial charge >= 0.3 is 0 Å². The van der Waals surface area contributed by atoms with Crippen LogP contribution in [-0.4, -0.2) is 35.1 Å². The summed E-state index contributed by atoms with van der Waals surface area (Å²) < 4.78 is 0.752. The van der Waals surface area contributed by atoms with Crippen LogP contribution < -0.4 is 0 Å². The van der Waals surface area contributed by atoms with Crippen molar-refractivity contribution in [2.45, 2.75) is 19.3 Å². The summed E-state index contributed by atoms with van der Waals surface area (Å²) in [5.74, 6) is -0.0409. The first-order valence-corrected chi connectivity index (χ1v) is 7.94. The molecule has 4 heteroatoms. The first-order valence-electron chi connectivity index (χ1n) is 7.94. The van der Waals surface area contributed by atoms with Gasteiger partial charge in [-0.25, -0.2) is 0 Å². The molecule has 0 amide bonds. The molecule has 4 nitrogen and oxygen atoms in total. The SMILES string of the molecule is O=C1C[N+](=O)C=C2C=C(N3CCCCC3)C=C3C=CC=CC132. The number of Topliss-reactive ketones (excluding diaryl/α,β-unsaturated/α-hetero) is 1. The first-order chi connectivity index (χ1) is 10.7. The van der Waals surface area contributed by atoms with Crippen molar-refractivity contribution in [1.82, 2.24) is 4.90 Å². The van der Waals surface area contributed by atoms with Crippen LogP contribution in [0.25, 0.3) is 0 Å². The van der Waals surface area contributed by atoms with Crippen LogP contribution in [0.5, 0.6) is 0 Å². The van der Waals surface area contributed by atoms with Crippen LogP contribution in [0.1, 0.15) is 19.3 Å². The van der Waals surface area contributed by atoms with Crippen molar-refractivity contribution >= 4 is 5.78 Å². The van der Waals surface area contributed by atoms with Crippen LogP contribution >= 0.6 is 0 Å². The molecule has 1 unspecified atom stereocenters. The number of hydrogen-bond donors (Lipinski definition) is 0. The maximum absolute atomic E-state index is 12.6. The summed E-state index contributed by atoms with van der Waals surface area (Å²) >= 11 is 0. The number of likely N-dealkylation sites (tertiary alicyclic amines) is 1. The molecule has 0 bridgehead atoms. The van der Waals surface area contributed by atoms with Crippen molar-refractivity contribution in [2.24, 2.45) is 5.41 Å². The van der Waals surface area contributed by atoms with E-state index in [-0.39, 0.29) is 12.3 Å². The summed E-state index contributed by atoms with van der Waals surface area (Å²) in [6, 6.07) is 0. The van der Waals surface area contributed by atoms with Crippen molar-refractivity contribution in [3.8, 4) is 0 Å². The zero-order valence-electron chi connectivity index (χ0n) is 12.5. The molecule has 4 aliphatic rings. The lowest BCUT2D eigenvalue weighted by molar-refractivity contribution is -0.471. The zero-order valence-corrected chi connectivity index (χ0v) is 12.5. The van der Waals surface area contributed by atoms with Crippen LogP contribution in [0.4, 0.5) is 0 Å². The van der Waals surface area contributed by atoms with Gasteiger partial charge < -0.3 is 4.90 Å². The zero-order chi connectivity index (χ0) is 15.2. The monoisotopic (exact) mass is 295 g/mol. The quantitative estimate of drug-likeness (QED) is 0.698. The molecule has 2 aliphatic heterocycles. The number of piperidine rings is 1. The Hall–Kier alpha value is -2.23. The molecule has 1 spiro atoms. The average molecular weight is 295 g/mol. The van der Waals surface area contributed by atoms with Gasteiger partial charge in [-0.15, -0.1) is 0 Å². The second-order valence-electron chi connectivity index (χ2n) is 6.33. The second kappa shape index (κ2) is 4.90. The Labute approximate surface area is 129 Å². The molecule has 0 N–H and O–H groups in total. The summed E-state index contributed by atoms with van der Waals surface area (Å²) in [5, 5.41) is 0. The van der Waals surface area contributed by atoms with Gasteiger partial charge in [0.05, 0.1) is 0 Å². The molecule has 0 aromatic heterocycles. The molecule has 1 saturated heterocycles. The predicted molar refractivity (Wildman–Crippen MR) is 83.9 cm³/mol. The van der Waals surface area contributed by atoms with Crippen LogP contribution in [0.3, 0.4) is 0 Å². The lowest BCUT2D eigenvalue weighted by Gasteiger charge is -2.39. The number of carbonyl (C=O) groups excluding carboxylic acids is 1. The lowest BCUT2D eigenvalue weighted by atomic mass is 9.65. The first kappa shape index (κ1) is 13.4. The molecule has 0 saturated carbocycles. The Bertz CT molecular complexity index is 703. The van der Waals surface area contributed by atoms with Gasteiger partial charge in [0.1, 0.15) is 5.41 Å². The minimum absolute atomic E-state index is 0.0409. The third-order valence-electron chi connectivity index (χ3n) is 4.99. The summed E-state index contributed by atoms with van der Waals surface area (Å²) in [6.45, 7) is 2.01. The van der Waals surface area contributed by atoms with Gasteiger partial charge in [0.15, 0.2) is 0 Å². The van der Waals surface area contributed by atoms with E-state index in [0.29, 0.717) is 0 Å². The van der Waals surface area contributed by atoms with Crippen molar-refractivity contribution < 1.29 is 9.55 Å². The van der Waals surface area contributed by atoms with Gasteiger partial charge in [-0.3, -0.25) is 4.79 Å². The van der Waals surface area contributed by atoms with Crippen molar-refractivity contribution in [3.63, 3.8) is 0 Å². The molecule has 1 atom stereocenters. The highest BCUT2D eigenvalue weighted by Gasteiger charge is 2.50. The molecule has 0 aromatic rings. The number of rotatable bonds is 1. The molecule has 2 heterocycles. The van der Waals surface area contributed by atoms with E-state index in [0.717, 1.165) is 34.7 Å². The van der Waals surface area contributed by atoms with E-state index in [2.05, 4.69) is 11.0 Å². The van der Waals surface area contributed by atoms with E-state index < -0.39 is 5.41 Å². The molecule has 112 valence electrons. The van der Waals surface area contributed by atoms with Crippen LogP contribution in [0, 0.1) is 10.3 Å². The minimum atomic E-state index is -0.741. The van der Waals surface area contributed by atoms with Crippen molar-refractivity contribution in [3.05, 3.63) is 64.4 Å². The molecule has 22 heavy (non-hydrogen) atoms. The highest BCUT2D eigenvalue weighted by Crippen LogP contribution is 2.47. The largest absolute Gasteiger partial charge is 0.372 e. The fourth-order valence-corrected chi connectivity index (χ4v) is 3.84. The molecule has 0 aromatic carbocycles. The Morgan fingerprint density at radius 1 is 1.05 bits per heavy atom. The molecular weight excluding hydrogens is 276 g/mol. The van der Waals surface area contributed by atoms with Crippen LogP contribution in [0.15, 0.2) is 59.5 Å². The maximum atomic E-state index is 12.6. The Balaban J connectivity index is 1.83. The smallest absolute Gasteiger partial charge is 0.257 e. The van der Waals surface area contributed by atoms with Gasteiger partial charge in [0, 0.05) is 34.0 Å². The maximum Gasteiger partial charge on any atom is 0.257 e. The van der Waals surface area contributed by atoms with Gasteiger partial charge in [-0.2, -0.15) is 0 Å². The van der Waals surface area contributed by atoms with Crippen LogP contribution in [0.2, 0.25) is 0 Å².